The van der Waals surface area contributed by atoms with Gasteiger partial charge in [0.15, 0.2) is 0 Å². The van der Waals surface area contributed by atoms with Crippen molar-refractivity contribution in [2.45, 2.75) is 38.6 Å². The highest BCUT2D eigenvalue weighted by atomic mass is 79.9. The fourth-order valence-electron chi connectivity index (χ4n) is 2.74. The molecule has 0 aliphatic rings. The molecule has 3 unspecified atom stereocenters. The summed E-state index contributed by atoms with van der Waals surface area (Å²) in [5, 5.41) is 2.12. The molecule has 2 N–H and O–H groups in total. The van der Waals surface area contributed by atoms with E-state index in [9.17, 15) is 0 Å². The normalized spacial score (nSPS) is 15.8. The van der Waals surface area contributed by atoms with E-state index in [4.69, 9.17) is 5.73 Å². The molecule has 0 amide bonds. The number of halogens is 1. The summed E-state index contributed by atoms with van der Waals surface area (Å²) in [7, 11) is 0. The highest BCUT2D eigenvalue weighted by Crippen LogP contribution is 2.33. The van der Waals surface area contributed by atoms with E-state index in [-0.39, 0.29) is 6.04 Å². The number of hydrogen-bond acceptors (Lipinski definition) is 2. The van der Waals surface area contributed by atoms with Crippen molar-refractivity contribution in [3.05, 3.63) is 56.7 Å². The SMILES string of the molecule is CCC(C)C(c1ccccc1)C(N)Cc1sccc1Br. The van der Waals surface area contributed by atoms with E-state index in [2.05, 4.69) is 71.6 Å². The quantitative estimate of drug-likeness (QED) is 0.759. The van der Waals surface area contributed by atoms with Gasteiger partial charge >= 0.3 is 0 Å². The Morgan fingerprint density at radius 1 is 1.20 bits per heavy atom. The Kier molecular flexibility index (Phi) is 5.82. The predicted molar refractivity (Wildman–Crippen MR) is 92.3 cm³/mol. The third kappa shape index (κ3) is 3.72. The van der Waals surface area contributed by atoms with Gasteiger partial charge in [-0.1, -0.05) is 50.6 Å². The first kappa shape index (κ1) is 15.7. The molecule has 0 fully saturated rings. The first-order valence-corrected chi connectivity index (χ1v) is 8.83. The number of benzene rings is 1. The average molecular weight is 352 g/mol. The Labute approximate surface area is 134 Å². The molecule has 0 saturated heterocycles. The molecule has 0 saturated carbocycles. The molecule has 3 atom stereocenters. The molecule has 0 spiro atoms. The maximum Gasteiger partial charge on any atom is 0.0314 e. The van der Waals surface area contributed by atoms with Crippen LogP contribution in [0.15, 0.2) is 46.3 Å². The van der Waals surface area contributed by atoms with E-state index in [1.807, 2.05) is 0 Å². The third-order valence-electron chi connectivity index (χ3n) is 4.01. The minimum atomic E-state index is 0.155. The fraction of sp³-hybridized carbons (Fsp3) is 0.412. The van der Waals surface area contributed by atoms with Crippen molar-refractivity contribution in [3.63, 3.8) is 0 Å². The molecule has 0 aliphatic heterocycles. The molecule has 2 rings (SSSR count). The van der Waals surface area contributed by atoms with Crippen LogP contribution in [0.5, 0.6) is 0 Å². The van der Waals surface area contributed by atoms with Crippen LogP contribution in [0.25, 0.3) is 0 Å². The predicted octanol–water partition coefficient (Wildman–Crippen LogP) is 5.21. The molecular weight excluding hydrogens is 330 g/mol. The monoisotopic (exact) mass is 351 g/mol. The highest BCUT2D eigenvalue weighted by Gasteiger charge is 2.25. The van der Waals surface area contributed by atoms with Crippen LogP contribution in [0.4, 0.5) is 0 Å². The Bertz CT molecular complexity index is 523. The van der Waals surface area contributed by atoms with Gasteiger partial charge in [0.05, 0.1) is 0 Å². The summed E-state index contributed by atoms with van der Waals surface area (Å²) in [4.78, 5) is 1.35. The van der Waals surface area contributed by atoms with Crippen molar-refractivity contribution in [3.8, 4) is 0 Å². The second-order valence-corrected chi connectivity index (χ2v) is 7.24. The van der Waals surface area contributed by atoms with Crippen molar-refractivity contribution in [2.24, 2.45) is 11.7 Å². The van der Waals surface area contributed by atoms with Gasteiger partial charge in [-0.3, -0.25) is 0 Å². The summed E-state index contributed by atoms with van der Waals surface area (Å²) in [5.74, 6) is 1.00. The minimum absolute atomic E-state index is 0.155. The standard InChI is InChI=1S/C17H22BrNS/c1-3-12(2)17(13-7-5-4-6-8-13)15(19)11-16-14(18)9-10-20-16/h4-10,12,15,17H,3,11,19H2,1-2H3. The van der Waals surface area contributed by atoms with Crippen LogP contribution in [0.3, 0.4) is 0 Å². The molecule has 1 heterocycles. The van der Waals surface area contributed by atoms with E-state index < -0.39 is 0 Å². The van der Waals surface area contributed by atoms with E-state index in [1.54, 1.807) is 11.3 Å². The largest absolute Gasteiger partial charge is 0.327 e. The summed E-state index contributed by atoms with van der Waals surface area (Å²) in [5.41, 5.74) is 7.94. The minimum Gasteiger partial charge on any atom is -0.327 e. The summed E-state index contributed by atoms with van der Waals surface area (Å²) < 4.78 is 1.19. The maximum absolute atomic E-state index is 6.57. The molecule has 2 aromatic rings. The first-order chi connectivity index (χ1) is 9.63. The van der Waals surface area contributed by atoms with E-state index >= 15 is 0 Å². The number of rotatable bonds is 6. The van der Waals surface area contributed by atoms with Crippen LogP contribution in [0.2, 0.25) is 0 Å². The number of thiophene rings is 1. The van der Waals surface area contributed by atoms with Gasteiger partial charge in [0, 0.05) is 21.3 Å². The molecule has 1 nitrogen and oxygen atoms in total. The van der Waals surface area contributed by atoms with Gasteiger partial charge in [-0.25, -0.2) is 0 Å². The van der Waals surface area contributed by atoms with Gasteiger partial charge in [-0.05, 0) is 45.3 Å². The molecule has 0 aliphatic carbocycles. The molecule has 108 valence electrons. The zero-order chi connectivity index (χ0) is 14.5. The molecule has 20 heavy (non-hydrogen) atoms. The zero-order valence-corrected chi connectivity index (χ0v) is 14.5. The summed E-state index contributed by atoms with van der Waals surface area (Å²) >= 11 is 5.39. The lowest BCUT2D eigenvalue weighted by molar-refractivity contribution is 0.380. The van der Waals surface area contributed by atoms with Crippen LogP contribution in [-0.2, 0) is 6.42 Å². The van der Waals surface area contributed by atoms with Crippen LogP contribution in [0, 0.1) is 5.92 Å². The lowest BCUT2D eigenvalue weighted by atomic mass is 9.79. The molecule has 0 radical (unpaired) electrons. The van der Waals surface area contributed by atoms with E-state index in [0.29, 0.717) is 11.8 Å². The van der Waals surface area contributed by atoms with Gasteiger partial charge in [0.25, 0.3) is 0 Å². The van der Waals surface area contributed by atoms with Crippen molar-refractivity contribution < 1.29 is 0 Å². The first-order valence-electron chi connectivity index (χ1n) is 7.15. The van der Waals surface area contributed by atoms with Crippen molar-refractivity contribution >= 4 is 27.3 Å². The Morgan fingerprint density at radius 2 is 1.90 bits per heavy atom. The van der Waals surface area contributed by atoms with Gasteiger partial charge in [-0.15, -0.1) is 11.3 Å². The van der Waals surface area contributed by atoms with Gasteiger partial charge in [-0.2, -0.15) is 0 Å². The topological polar surface area (TPSA) is 26.0 Å². The van der Waals surface area contributed by atoms with Gasteiger partial charge in [0.2, 0.25) is 0 Å². The van der Waals surface area contributed by atoms with Crippen molar-refractivity contribution in [1.82, 2.24) is 0 Å². The smallest absolute Gasteiger partial charge is 0.0314 e. The lowest BCUT2D eigenvalue weighted by Gasteiger charge is -2.29. The van der Waals surface area contributed by atoms with E-state index in [0.717, 1.165) is 12.8 Å². The second kappa shape index (κ2) is 7.39. The second-order valence-electron chi connectivity index (χ2n) is 5.38. The Hall–Kier alpha value is -0.640. The number of nitrogens with two attached hydrogens (primary N) is 1. The van der Waals surface area contributed by atoms with Gasteiger partial charge in [0.1, 0.15) is 0 Å². The Morgan fingerprint density at radius 3 is 2.45 bits per heavy atom. The summed E-state index contributed by atoms with van der Waals surface area (Å²) in [6.07, 6.45) is 2.08. The molecular formula is C17H22BrNS. The summed E-state index contributed by atoms with van der Waals surface area (Å²) in [6.45, 7) is 4.55. The van der Waals surface area contributed by atoms with Gasteiger partial charge < -0.3 is 5.73 Å². The molecule has 1 aromatic carbocycles. The Balaban J connectivity index is 2.21. The van der Waals surface area contributed by atoms with Crippen molar-refractivity contribution in [2.75, 3.05) is 0 Å². The maximum atomic E-state index is 6.57. The highest BCUT2D eigenvalue weighted by molar-refractivity contribution is 9.10. The van der Waals surface area contributed by atoms with Crippen LogP contribution in [-0.4, -0.2) is 6.04 Å². The average Bonchev–Trinajstić information content (AvgIpc) is 2.85. The molecule has 1 aromatic heterocycles. The van der Waals surface area contributed by atoms with Crippen LogP contribution >= 0.6 is 27.3 Å². The summed E-state index contributed by atoms with van der Waals surface area (Å²) in [6, 6.07) is 13.0. The number of hydrogen-bond donors (Lipinski definition) is 1. The van der Waals surface area contributed by atoms with E-state index in [1.165, 1.54) is 14.9 Å². The third-order valence-corrected chi connectivity index (χ3v) is 5.96. The zero-order valence-electron chi connectivity index (χ0n) is 12.1. The fourth-order valence-corrected chi connectivity index (χ4v) is 4.33. The lowest BCUT2D eigenvalue weighted by Crippen LogP contribution is -2.34. The van der Waals surface area contributed by atoms with Crippen LogP contribution in [0.1, 0.15) is 36.6 Å². The van der Waals surface area contributed by atoms with Crippen LogP contribution < -0.4 is 5.73 Å². The molecule has 0 bridgehead atoms. The van der Waals surface area contributed by atoms with Crippen molar-refractivity contribution in [1.29, 1.82) is 0 Å². The molecule has 3 heteroatoms.